The van der Waals surface area contributed by atoms with E-state index in [0.29, 0.717) is 19.8 Å². The van der Waals surface area contributed by atoms with Crippen LogP contribution >= 0.6 is 0 Å². The topological polar surface area (TPSA) is 46.2 Å². The summed E-state index contributed by atoms with van der Waals surface area (Å²) in [6.45, 7) is 5.39. The molecule has 0 radical (unpaired) electrons. The minimum atomic E-state index is -0.692. The first-order valence-corrected chi connectivity index (χ1v) is 6.00. The number of anilines is 2. The summed E-state index contributed by atoms with van der Waals surface area (Å²) in [5, 5.41) is 5.75. The van der Waals surface area contributed by atoms with Crippen molar-refractivity contribution >= 4 is 11.6 Å². The zero-order valence-corrected chi connectivity index (χ0v) is 10.5. The first kappa shape index (κ1) is 13.0. The Morgan fingerprint density at radius 1 is 1.39 bits per heavy atom. The van der Waals surface area contributed by atoms with Crippen molar-refractivity contribution in [3.05, 3.63) is 17.7 Å². The summed E-state index contributed by atoms with van der Waals surface area (Å²) in [6.07, 6.45) is 0.766. The van der Waals surface area contributed by atoms with Crippen LogP contribution in [0.3, 0.4) is 0 Å². The van der Waals surface area contributed by atoms with Crippen LogP contribution in [-0.4, -0.2) is 30.3 Å². The Balaban J connectivity index is 2.23. The number of nitrogens with zero attached hydrogens (tertiary/aromatic N) is 1. The largest absolute Gasteiger partial charge is 0.379 e. The maximum atomic E-state index is 13.7. The third kappa shape index (κ3) is 2.69. The van der Waals surface area contributed by atoms with E-state index in [1.54, 1.807) is 0 Å². The Bertz CT molecular complexity index is 434. The minimum absolute atomic E-state index is 0.0559. The first-order chi connectivity index (χ1) is 8.54. The number of pyridine rings is 1. The zero-order valence-electron chi connectivity index (χ0n) is 10.5. The molecule has 6 heteroatoms. The summed E-state index contributed by atoms with van der Waals surface area (Å²) in [6, 6.07) is 0.840. The fraction of sp³-hybridized carbons (Fsp3) is 0.583. The van der Waals surface area contributed by atoms with Crippen LogP contribution in [0.2, 0.25) is 0 Å². The molecular formula is C12H17F2N3O. The molecule has 1 saturated heterocycles. The molecule has 1 aromatic rings. The van der Waals surface area contributed by atoms with E-state index in [9.17, 15) is 8.78 Å². The fourth-order valence-electron chi connectivity index (χ4n) is 1.90. The maximum Gasteiger partial charge on any atom is 0.168 e. The summed E-state index contributed by atoms with van der Waals surface area (Å²) < 4.78 is 32.3. The van der Waals surface area contributed by atoms with Gasteiger partial charge in [0, 0.05) is 19.2 Å². The highest BCUT2D eigenvalue weighted by atomic mass is 19.1. The number of rotatable bonds is 4. The lowest BCUT2D eigenvalue weighted by atomic mass is 10.0. The quantitative estimate of drug-likeness (QED) is 0.869. The number of halogens is 2. The van der Waals surface area contributed by atoms with Crippen LogP contribution in [0.25, 0.3) is 0 Å². The Hall–Kier alpha value is -1.43. The average Bonchev–Trinajstić information content (AvgIpc) is 2.72. The van der Waals surface area contributed by atoms with Gasteiger partial charge >= 0.3 is 0 Å². The summed E-state index contributed by atoms with van der Waals surface area (Å²) >= 11 is 0. The van der Waals surface area contributed by atoms with Gasteiger partial charge in [-0.1, -0.05) is 0 Å². The average molecular weight is 257 g/mol. The molecule has 1 aliphatic rings. The Morgan fingerprint density at radius 2 is 2.11 bits per heavy atom. The van der Waals surface area contributed by atoms with Crippen LogP contribution in [0.4, 0.5) is 20.4 Å². The number of hydrogen-bond acceptors (Lipinski definition) is 4. The van der Waals surface area contributed by atoms with Gasteiger partial charge in [-0.05, 0) is 20.3 Å². The van der Waals surface area contributed by atoms with Gasteiger partial charge in [0.25, 0.3) is 0 Å². The van der Waals surface area contributed by atoms with Crippen molar-refractivity contribution in [1.82, 2.24) is 4.98 Å². The smallest absolute Gasteiger partial charge is 0.168 e. The summed E-state index contributed by atoms with van der Waals surface area (Å²) in [5.74, 6) is -1.26. The van der Waals surface area contributed by atoms with Gasteiger partial charge in [-0.3, -0.25) is 0 Å². The van der Waals surface area contributed by atoms with E-state index in [-0.39, 0.29) is 17.2 Å². The highest BCUT2D eigenvalue weighted by molar-refractivity contribution is 5.49. The molecule has 1 aliphatic heterocycles. The predicted octanol–water partition coefficient (Wildman–Crippen LogP) is 2.38. The second-order valence-corrected chi connectivity index (χ2v) is 4.67. The third-order valence-electron chi connectivity index (χ3n) is 2.91. The summed E-state index contributed by atoms with van der Waals surface area (Å²) in [5.41, 5.74) is -0.352. The third-order valence-corrected chi connectivity index (χ3v) is 2.91. The lowest BCUT2D eigenvalue weighted by Gasteiger charge is -2.24. The molecule has 1 fully saturated rings. The summed E-state index contributed by atoms with van der Waals surface area (Å²) in [7, 11) is 0. The molecular weight excluding hydrogens is 240 g/mol. The highest BCUT2D eigenvalue weighted by Gasteiger charge is 2.31. The highest BCUT2D eigenvalue weighted by Crippen LogP contribution is 2.26. The van der Waals surface area contributed by atoms with E-state index in [1.165, 1.54) is 0 Å². The van der Waals surface area contributed by atoms with E-state index in [1.807, 2.05) is 13.8 Å². The number of hydrogen-bond donors (Lipinski definition) is 2. The zero-order chi connectivity index (χ0) is 13.2. The minimum Gasteiger partial charge on any atom is -0.379 e. The first-order valence-electron chi connectivity index (χ1n) is 6.00. The molecule has 2 heterocycles. The molecule has 0 amide bonds. The van der Waals surface area contributed by atoms with E-state index in [2.05, 4.69) is 15.6 Å². The van der Waals surface area contributed by atoms with Crippen LogP contribution in [0.15, 0.2) is 6.07 Å². The maximum absolute atomic E-state index is 13.7. The van der Waals surface area contributed by atoms with Crippen LogP contribution < -0.4 is 10.6 Å². The van der Waals surface area contributed by atoms with Crippen molar-refractivity contribution in [2.24, 2.45) is 0 Å². The molecule has 100 valence electrons. The van der Waals surface area contributed by atoms with E-state index in [4.69, 9.17) is 4.74 Å². The van der Waals surface area contributed by atoms with Gasteiger partial charge in [0.05, 0.1) is 12.1 Å². The number of aromatic nitrogens is 1. The molecule has 0 bridgehead atoms. The molecule has 0 saturated carbocycles. The Labute approximate surface area is 105 Å². The molecule has 18 heavy (non-hydrogen) atoms. The molecule has 0 aliphatic carbocycles. The number of nitrogens with one attached hydrogen (secondary N) is 2. The van der Waals surface area contributed by atoms with Crippen molar-refractivity contribution in [2.45, 2.75) is 25.8 Å². The molecule has 1 atom stereocenters. The molecule has 2 N–H and O–H groups in total. The fourth-order valence-corrected chi connectivity index (χ4v) is 1.90. The normalized spacial score (nSPS) is 23.1. The van der Waals surface area contributed by atoms with Crippen molar-refractivity contribution in [2.75, 3.05) is 30.4 Å². The van der Waals surface area contributed by atoms with Gasteiger partial charge in [-0.15, -0.1) is 0 Å². The van der Waals surface area contributed by atoms with Crippen LogP contribution in [0.1, 0.15) is 20.3 Å². The van der Waals surface area contributed by atoms with Crippen LogP contribution in [-0.2, 0) is 4.74 Å². The molecule has 1 unspecified atom stereocenters. The van der Waals surface area contributed by atoms with Crippen molar-refractivity contribution in [3.63, 3.8) is 0 Å². The standard InChI is InChI=1S/C12H17F2N3O/c1-3-15-10-8(13)6-9(14)11(16-10)17-12(2)4-5-18-7-12/h6H,3-5,7H2,1-2H3,(H2,15,16,17). The van der Waals surface area contributed by atoms with Gasteiger partial charge in [-0.2, -0.15) is 0 Å². The van der Waals surface area contributed by atoms with E-state index < -0.39 is 11.6 Å². The van der Waals surface area contributed by atoms with Crippen molar-refractivity contribution in [1.29, 1.82) is 0 Å². The van der Waals surface area contributed by atoms with E-state index in [0.717, 1.165) is 12.5 Å². The second-order valence-electron chi connectivity index (χ2n) is 4.67. The monoisotopic (exact) mass is 257 g/mol. The van der Waals surface area contributed by atoms with Gasteiger partial charge in [0.1, 0.15) is 0 Å². The number of ether oxygens (including phenoxy) is 1. The summed E-state index contributed by atoms with van der Waals surface area (Å²) in [4.78, 5) is 3.94. The predicted molar refractivity (Wildman–Crippen MR) is 65.8 cm³/mol. The molecule has 2 rings (SSSR count). The lowest BCUT2D eigenvalue weighted by Crippen LogP contribution is -2.35. The lowest BCUT2D eigenvalue weighted by molar-refractivity contribution is 0.185. The second kappa shape index (κ2) is 5.06. The Kier molecular flexibility index (Phi) is 3.65. The van der Waals surface area contributed by atoms with Gasteiger partial charge in [0.15, 0.2) is 23.3 Å². The molecule has 4 nitrogen and oxygen atoms in total. The molecule has 0 aromatic carbocycles. The van der Waals surface area contributed by atoms with Crippen LogP contribution in [0.5, 0.6) is 0 Å². The van der Waals surface area contributed by atoms with Gasteiger partial charge in [-0.25, -0.2) is 13.8 Å². The van der Waals surface area contributed by atoms with Gasteiger partial charge < -0.3 is 15.4 Å². The van der Waals surface area contributed by atoms with Crippen molar-refractivity contribution in [3.8, 4) is 0 Å². The van der Waals surface area contributed by atoms with Crippen molar-refractivity contribution < 1.29 is 13.5 Å². The molecule has 0 spiro atoms. The molecule has 1 aromatic heterocycles. The SMILES string of the molecule is CCNc1nc(NC2(C)CCOC2)c(F)cc1F. The van der Waals surface area contributed by atoms with Crippen LogP contribution in [0, 0.1) is 11.6 Å². The Morgan fingerprint density at radius 3 is 2.72 bits per heavy atom. The van der Waals surface area contributed by atoms with Gasteiger partial charge in [0.2, 0.25) is 0 Å². The van der Waals surface area contributed by atoms with E-state index >= 15 is 0 Å².